The molecule has 2 heterocycles. The molecule has 3 aromatic rings. The third kappa shape index (κ3) is 4.73. The molecule has 0 aliphatic heterocycles. The number of benzene rings is 1. The lowest BCUT2D eigenvalue weighted by Crippen LogP contribution is -2.17. The van der Waals surface area contributed by atoms with E-state index in [0.29, 0.717) is 27.6 Å². The van der Waals surface area contributed by atoms with Gasteiger partial charge in [-0.25, -0.2) is 4.79 Å². The second-order valence-corrected chi connectivity index (χ2v) is 10.1. The second-order valence-electron chi connectivity index (χ2n) is 8.06. The Morgan fingerprint density at radius 2 is 2.09 bits per heavy atom. The van der Waals surface area contributed by atoms with Gasteiger partial charge in [-0.2, -0.15) is 0 Å². The normalized spacial score (nSPS) is 15.3. The number of aromatic nitrogens is 2. The monoisotopic (exact) mass is 471 g/mol. The van der Waals surface area contributed by atoms with E-state index in [-0.39, 0.29) is 11.7 Å². The summed E-state index contributed by atoms with van der Waals surface area (Å²) in [5.74, 6) is 0.431. The predicted molar refractivity (Wildman–Crippen MR) is 125 cm³/mol. The summed E-state index contributed by atoms with van der Waals surface area (Å²) in [6.07, 6.45) is 2.76. The Balaban J connectivity index is 1.43. The van der Waals surface area contributed by atoms with E-state index in [4.69, 9.17) is 9.15 Å². The molecule has 2 aromatic heterocycles. The van der Waals surface area contributed by atoms with E-state index in [1.165, 1.54) is 24.0 Å². The van der Waals surface area contributed by atoms with Crippen molar-refractivity contribution in [3.05, 3.63) is 45.3 Å². The van der Waals surface area contributed by atoms with Crippen LogP contribution in [0.5, 0.6) is 0 Å². The lowest BCUT2D eigenvalue weighted by Gasteiger charge is -2.18. The minimum absolute atomic E-state index is 0.0914. The van der Waals surface area contributed by atoms with Crippen LogP contribution in [0.25, 0.3) is 11.5 Å². The number of carbonyl (C=O) groups excluding carboxylic acids is 2. The fourth-order valence-corrected chi connectivity index (χ4v) is 5.68. The molecule has 1 aromatic carbocycles. The van der Waals surface area contributed by atoms with Gasteiger partial charge in [-0.1, -0.05) is 24.8 Å². The van der Waals surface area contributed by atoms with Crippen LogP contribution in [0.1, 0.15) is 45.3 Å². The van der Waals surface area contributed by atoms with Gasteiger partial charge in [0.1, 0.15) is 5.00 Å². The highest BCUT2D eigenvalue weighted by molar-refractivity contribution is 7.99. The smallest absolute Gasteiger partial charge is 0.341 e. The number of thioether (sulfide) groups is 1. The second kappa shape index (κ2) is 9.46. The molecule has 32 heavy (non-hydrogen) atoms. The third-order valence-electron chi connectivity index (χ3n) is 5.64. The fraction of sp³-hybridized carbons (Fsp3) is 0.391. The number of aryl methyl sites for hydroxylation is 2. The summed E-state index contributed by atoms with van der Waals surface area (Å²) in [4.78, 5) is 26.2. The van der Waals surface area contributed by atoms with Gasteiger partial charge in [0.25, 0.3) is 5.22 Å². The number of anilines is 1. The van der Waals surface area contributed by atoms with Crippen molar-refractivity contribution < 1.29 is 18.7 Å². The summed E-state index contributed by atoms with van der Waals surface area (Å²) in [7, 11) is 1.36. The topological polar surface area (TPSA) is 94.3 Å². The molecule has 1 aliphatic carbocycles. The highest BCUT2D eigenvalue weighted by Crippen LogP contribution is 2.40. The van der Waals surface area contributed by atoms with Crippen LogP contribution in [0.3, 0.4) is 0 Å². The molecule has 0 spiro atoms. The maximum Gasteiger partial charge on any atom is 0.341 e. The van der Waals surface area contributed by atoms with Crippen molar-refractivity contribution in [2.24, 2.45) is 5.92 Å². The summed E-state index contributed by atoms with van der Waals surface area (Å²) >= 11 is 2.63. The van der Waals surface area contributed by atoms with Gasteiger partial charge in [0.15, 0.2) is 0 Å². The van der Waals surface area contributed by atoms with Gasteiger partial charge in [-0.05, 0) is 67.9 Å². The minimum Gasteiger partial charge on any atom is -0.465 e. The number of esters is 1. The molecule has 9 heteroatoms. The van der Waals surface area contributed by atoms with Crippen molar-refractivity contribution in [2.45, 2.75) is 45.3 Å². The molecule has 168 valence electrons. The number of rotatable bonds is 6. The SMILES string of the molecule is COC(=O)c1c(NC(=O)CSc2nnc(-c3ccc(C)c(C)c3)o2)sc2c1CCC(C)C2. The van der Waals surface area contributed by atoms with Crippen LogP contribution in [-0.4, -0.2) is 34.9 Å². The number of nitrogens with one attached hydrogen (secondary N) is 1. The van der Waals surface area contributed by atoms with E-state index < -0.39 is 5.97 Å². The van der Waals surface area contributed by atoms with Crippen LogP contribution in [-0.2, 0) is 22.4 Å². The van der Waals surface area contributed by atoms with Crippen molar-refractivity contribution in [2.75, 3.05) is 18.2 Å². The predicted octanol–water partition coefficient (Wildman–Crippen LogP) is 5.06. The molecule has 1 unspecified atom stereocenters. The van der Waals surface area contributed by atoms with Crippen molar-refractivity contribution in [3.63, 3.8) is 0 Å². The minimum atomic E-state index is -0.407. The first-order valence-electron chi connectivity index (χ1n) is 10.4. The number of nitrogens with zero attached hydrogens (tertiary/aromatic N) is 2. The molecule has 1 N–H and O–H groups in total. The molecule has 1 amide bonds. The molecule has 0 saturated heterocycles. The van der Waals surface area contributed by atoms with Gasteiger partial charge in [-0.3, -0.25) is 4.79 Å². The maximum absolute atomic E-state index is 12.6. The van der Waals surface area contributed by atoms with Crippen LogP contribution in [0.4, 0.5) is 5.00 Å². The molecule has 0 bridgehead atoms. The van der Waals surface area contributed by atoms with E-state index in [1.807, 2.05) is 32.0 Å². The average Bonchev–Trinajstić information content (AvgIpc) is 3.37. The van der Waals surface area contributed by atoms with E-state index in [2.05, 4.69) is 22.4 Å². The fourth-order valence-electron chi connectivity index (χ4n) is 3.71. The average molecular weight is 472 g/mol. The maximum atomic E-state index is 12.6. The largest absolute Gasteiger partial charge is 0.465 e. The molecular weight excluding hydrogens is 446 g/mol. The first kappa shape index (κ1) is 22.5. The number of ether oxygens (including phenoxy) is 1. The molecule has 7 nitrogen and oxygen atoms in total. The summed E-state index contributed by atoms with van der Waals surface area (Å²) in [5.41, 5.74) is 4.68. The third-order valence-corrected chi connectivity index (χ3v) is 7.63. The Morgan fingerprint density at radius 1 is 1.28 bits per heavy atom. The lowest BCUT2D eigenvalue weighted by atomic mass is 9.88. The van der Waals surface area contributed by atoms with Crippen LogP contribution >= 0.6 is 23.1 Å². The molecule has 0 fully saturated rings. The van der Waals surface area contributed by atoms with E-state index >= 15 is 0 Å². The number of hydrogen-bond acceptors (Lipinski definition) is 8. The van der Waals surface area contributed by atoms with Gasteiger partial charge in [0.2, 0.25) is 11.8 Å². The highest BCUT2D eigenvalue weighted by Gasteiger charge is 2.29. The quantitative estimate of drug-likeness (QED) is 0.397. The summed E-state index contributed by atoms with van der Waals surface area (Å²) in [5, 5.41) is 11.9. The van der Waals surface area contributed by atoms with E-state index in [1.54, 1.807) is 0 Å². The van der Waals surface area contributed by atoms with Crippen LogP contribution in [0, 0.1) is 19.8 Å². The summed E-state index contributed by atoms with van der Waals surface area (Å²) in [6, 6.07) is 5.94. The first-order valence-corrected chi connectivity index (χ1v) is 12.2. The van der Waals surface area contributed by atoms with Crippen molar-refractivity contribution >= 4 is 40.0 Å². The number of amides is 1. The number of methoxy groups -OCH3 is 1. The summed E-state index contributed by atoms with van der Waals surface area (Å²) in [6.45, 7) is 6.27. The molecular formula is C23H25N3O4S2. The molecule has 4 rings (SSSR count). The molecule has 0 saturated carbocycles. The Hall–Kier alpha value is -2.65. The molecule has 1 atom stereocenters. The number of thiophene rings is 1. The Kier molecular flexibility index (Phi) is 6.66. The number of carbonyl (C=O) groups is 2. The molecule has 1 aliphatic rings. The standard InChI is InChI=1S/C23H25N3O4S2/c1-12-5-8-16-17(9-12)32-21(19(16)22(28)29-4)24-18(27)11-31-23-26-25-20(30-23)15-7-6-13(2)14(3)10-15/h6-7,10,12H,5,8-9,11H2,1-4H3,(H,24,27). The Bertz CT molecular complexity index is 1170. The number of hydrogen-bond donors (Lipinski definition) is 1. The zero-order chi connectivity index (χ0) is 22.8. The first-order chi connectivity index (χ1) is 15.4. The van der Waals surface area contributed by atoms with Gasteiger partial charge < -0.3 is 14.5 Å². The van der Waals surface area contributed by atoms with E-state index in [0.717, 1.165) is 52.6 Å². The van der Waals surface area contributed by atoms with Gasteiger partial charge in [0.05, 0.1) is 18.4 Å². The zero-order valence-corrected chi connectivity index (χ0v) is 20.1. The van der Waals surface area contributed by atoms with Gasteiger partial charge in [0, 0.05) is 10.4 Å². The van der Waals surface area contributed by atoms with Crippen LogP contribution in [0.2, 0.25) is 0 Å². The van der Waals surface area contributed by atoms with Crippen LogP contribution in [0.15, 0.2) is 27.8 Å². The van der Waals surface area contributed by atoms with Crippen LogP contribution < -0.4 is 5.32 Å². The van der Waals surface area contributed by atoms with Gasteiger partial charge >= 0.3 is 5.97 Å². The molecule has 0 radical (unpaired) electrons. The highest BCUT2D eigenvalue weighted by atomic mass is 32.2. The number of fused-ring (bicyclic) bond motifs is 1. The zero-order valence-electron chi connectivity index (χ0n) is 18.5. The summed E-state index contributed by atoms with van der Waals surface area (Å²) < 4.78 is 10.7. The van der Waals surface area contributed by atoms with E-state index in [9.17, 15) is 9.59 Å². The Morgan fingerprint density at radius 3 is 2.84 bits per heavy atom. The Labute approximate surface area is 195 Å². The van der Waals surface area contributed by atoms with Crippen molar-refractivity contribution in [3.8, 4) is 11.5 Å². The van der Waals surface area contributed by atoms with Crippen molar-refractivity contribution in [1.29, 1.82) is 0 Å². The van der Waals surface area contributed by atoms with Crippen molar-refractivity contribution in [1.82, 2.24) is 10.2 Å². The lowest BCUT2D eigenvalue weighted by molar-refractivity contribution is -0.113. The van der Waals surface area contributed by atoms with Gasteiger partial charge in [-0.15, -0.1) is 21.5 Å².